The number of hydrogen-bond acceptors (Lipinski definition) is 3. The van der Waals surface area contributed by atoms with E-state index in [4.69, 9.17) is 4.74 Å². The minimum Gasteiger partial charge on any atom is -0.497 e. The summed E-state index contributed by atoms with van der Waals surface area (Å²) >= 11 is 5.65. The van der Waals surface area contributed by atoms with Crippen LogP contribution in [0.15, 0.2) is 58.7 Å². The summed E-state index contributed by atoms with van der Waals surface area (Å²) in [5.41, 5.74) is 2.40. The number of nitrogens with zero attached hydrogens (tertiary/aromatic N) is 2. The van der Waals surface area contributed by atoms with E-state index in [2.05, 4.69) is 38.5 Å². The SMILES string of the molecule is COc1ccc(CN(C(=O)c2cccc(Br)c2I)C2=CCN(C(=O)O)CC2)cc1. The minimum absolute atomic E-state index is 0.110. The molecule has 0 atom stereocenters. The molecule has 0 fully saturated rings. The predicted octanol–water partition coefficient (Wildman–Crippen LogP) is 4.97. The number of halogens is 2. The molecule has 0 aliphatic carbocycles. The van der Waals surface area contributed by atoms with Crippen molar-refractivity contribution in [2.45, 2.75) is 13.0 Å². The molecule has 6 nitrogen and oxygen atoms in total. The fourth-order valence-electron chi connectivity index (χ4n) is 3.11. The highest BCUT2D eigenvalue weighted by Gasteiger charge is 2.26. The lowest BCUT2D eigenvalue weighted by molar-refractivity contribution is 0.0781. The van der Waals surface area contributed by atoms with Gasteiger partial charge in [-0.3, -0.25) is 4.79 Å². The number of ether oxygens (including phenoxy) is 1. The van der Waals surface area contributed by atoms with Gasteiger partial charge in [0.1, 0.15) is 5.75 Å². The molecule has 0 radical (unpaired) electrons. The lowest BCUT2D eigenvalue weighted by atomic mass is 10.1. The van der Waals surface area contributed by atoms with Crippen LogP contribution in [0.3, 0.4) is 0 Å². The van der Waals surface area contributed by atoms with Crippen molar-refractivity contribution >= 4 is 50.5 Å². The highest BCUT2D eigenvalue weighted by Crippen LogP contribution is 2.27. The van der Waals surface area contributed by atoms with E-state index in [1.165, 1.54) is 4.90 Å². The van der Waals surface area contributed by atoms with Crippen LogP contribution in [0.25, 0.3) is 0 Å². The molecule has 0 bridgehead atoms. The molecule has 3 rings (SSSR count). The second-order valence-electron chi connectivity index (χ2n) is 6.51. The van der Waals surface area contributed by atoms with Crippen LogP contribution < -0.4 is 4.74 Å². The lowest BCUT2D eigenvalue weighted by Gasteiger charge is -2.31. The average Bonchev–Trinajstić information content (AvgIpc) is 2.74. The molecular formula is C21H20BrIN2O4. The van der Waals surface area contributed by atoms with Crippen LogP contribution in [-0.4, -0.2) is 47.1 Å². The lowest BCUT2D eigenvalue weighted by Crippen LogP contribution is -2.38. The molecule has 2 aromatic rings. The Morgan fingerprint density at radius 1 is 1.24 bits per heavy atom. The van der Waals surface area contributed by atoms with E-state index in [1.54, 1.807) is 12.0 Å². The third-order valence-electron chi connectivity index (χ3n) is 4.73. The van der Waals surface area contributed by atoms with Gasteiger partial charge >= 0.3 is 6.09 Å². The van der Waals surface area contributed by atoms with Gasteiger partial charge in [-0.25, -0.2) is 4.79 Å². The molecule has 2 aromatic carbocycles. The first-order valence-electron chi connectivity index (χ1n) is 8.96. The summed E-state index contributed by atoms with van der Waals surface area (Å²) in [6.07, 6.45) is 1.36. The van der Waals surface area contributed by atoms with Crippen molar-refractivity contribution in [3.63, 3.8) is 0 Å². The van der Waals surface area contributed by atoms with Crippen LogP contribution in [-0.2, 0) is 6.54 Å². The number of amides is 2. The zero-order valence-electron chi connectivity index (χ0n) is 15.8. The number of benzene rings is 2. The summed E-state index contributed by atoms with van der Waals surface area (Å²) in [6.45, 7) is 1.03. The number of hydrogen-bond donors (Lipinski definition) is 1. The van der Waals surface area contributed by atoms with Gasteiger partial charge in [-0.15, -0.1) is 0 Å². The monoisotopic (exact) mass is 570 g/mol. The summed E-state index contributed by atoms with van der Waals surface area (Å²) in [5.74, 6) is 0.642. The quantitative estimate of drug-likeness (QED) is 0.515. The van der Waals surface area contributed by atoms with E-state index in [-0.39, 0.29) is 12.5 Å². The van der Waals surface area contributed by atoms with Crippen molar-refractivity contribution in [3.05, 3.63) is 73.4 Å². The molecule has 1 aliphatic rings. The fourth-order valence-corrected chi connectivity index (χ4v) is 4.07. The van der Waals surface area contributed by atoms with Gasteiger partial charge in [0.25, 0.3) is 5.91 Å². The Labute approximate surface area is 191 Å². The molecule has 1 heterocycles. The molecule has 2 amide bonds. The van der Waals surface area contributed by atoms with Gasteiger partial charge in [0, 0.05) is 33.3 Å². The van der Waals surface area contributed by atoms with Crippen LogP contribution in [0.2, 0.25) is 0 Å². The van der Waals surface area contributed by atoms with E-state index in [1.807, 2.05) is 48.5 Å². The number of carboxylic acid groups (broad SMARTS) is 1. The second-order valence-corrected chi connectivity index (χ2v) is 8.45. The molecule has 8 heteroatoms. The Balaban J connectivity index is 1.93. The second kappa shape index (κ2) is 9.62. The van der Waals surface area contributed by atoms with E-state index >= 15 is 0 Å². The highest BCUT2D eigenvalue weighted by atomic mass is 127. The molecule has 0 spiro atoms. The molecule has 0 aromatic heterocycles. The summed E-state index contributed by atoms with van der Waals surface area (Å²) in [4.78, 5) is 27.8. The molecule has 0 unspecified atom stereocenters. The minimum atomic E-state index is -0.949. The number of carbonyl (C=O) groups excluding carboxylic acids is 1. The molecule has 1 N–H and O–H groups in total. The van der Waals surface area contributed by atoms with Crippen molar-refractivity contribution < 1.29 is 19.4 Å². The standard InChI is InChI=1S/C21H20BrIN2O4/c1-29-16-7-5-14(6-8-16)13-25(15-9-11-24(12-10-15)21(27)28)20(26)17-3-2-4-18(22)19(17)23/h2-9H,10-13H2,1H3,(H,27,28). The summed E-state index contributed by atoms with van der Waals surface area (Å²) in [5, 5.41) is 9.20. The first kappa shape index (κ1) is 21.6. The predicted molar refractivity (Wildman–Crippen MR) is 122 cm³/mol. The van der Waals surface area contributed by atoms with Crippen LogP contribution in [0.1, 0.15) is 22.3 Å². The molecule has 0 saturated heterocycles. The van der Waals surface area contributed by atoms with Crippen molar-refractivity contribution in [1.82, 2.24) is 9.80 Å². The zero-order valence-corrected chi connectivity index (χ0v) is 19.5. The van der Waals surface area contributed by atoms with Gasteiger partial charge in [-0.2, -0.15) is 0 Å². The maximum atomic E-state index is 13.5. The Hall–Kier alpha value is -2.07. The van der Waals surface area contributed by atoms with Crippen LogP contribution in [0.5, 0.6) is 5.75 Å². The van der Waals surface area contributed by atoms with Crippen LogP contribution >= 0.6 is 38.5 Å². The third-order valence-corrected chi connectivity index (χ3v) is 7.29. The van der Waals surface area contributed by atoms with E-state index in [9.17, 15) is 14.7 Å². The molecular weight excluding hydrogens is 551 g/mol. The zero-order chi connectivity index (χ0) is 21.0. The van der Waals surface area contributed by atoms with Gasteiger partial charge in [0.05, 0.1) is 19.2 Å². The smallest absolute Gasteiger partial charge is 0.407 e. The molecule has 29 heavy (non-hydrogen) atoms. The average molecular weight is 571 g/mol. The highest BCUT2D eigenvalue weighted by molar-refractivity contribution is 14.1. The van der Waals surface area contributed by atoms with Crippen molar-refractivity contribution in [3.8, 4) is 5.75 Å². The van der Waals surface area contributed by atoms with Gasteiger partial charge in [0.15, 0.2) is 0 Å². The summed E-state index contributed by atoms with van der Waals surface area (Å²) in [6, 6.07) is 13.1. The maximum absolute atomic E-state index is 13.5. The Morgan fingerprint density at radius 2 is 1.97 bits per heavy atom. The third kappa shape index (κ3) is 5.11. The Kier molecular flexibility index (Phi) is 7.18. The van der Waals surface area contributed by atoms with Crippen molar-refractivity contribution in [2.24, 2.45) is 0 Å². The summed E-state index contributed by atoms with van der Waals surface area (Å²) in [7, 11) is 1.61. The van der Waals surface area contributed by atoms with E-state index < -0.39 is 6.09 Å². The topological polar surface area (TPSA) is 70.1 Å². The van der Waals surface area contributed by atoms with E-state index in [0.717, 1.165) is 25.1 Å². The van der Waals surface area contributed by atoms with Crippen LogP contribution in [0.4, 0.5) is 4.79 Å². The van der Waals surface area contributed by atoms with Gasteiger partial charge in [-0.1, -0.05) is 18.2 Å². The van der Waals surface area contributed by atoms with Crippen molar-refractivity contribution in [2.75, 3.05) is 20.2 Å². The van der Waals surface area contributed by atoms with Gasteiger partial charge < -0.3 is 19.6 Å². The maximum Gasteiger partial charge on any atom is 0.407 e. The van der Waals surface area contributed by atoms with Crippen LogP contribution in [0, 0.1) is 3.57 Å². The number of carbonyl (C=O) groups is 2. The first-order valence-corrected chi connectivity index (χ1v) is 10.8. The molecule has 0 saturated carbocycles. The molecule has 1 aliphatic heterocycles. The Bertz CT molecular complexity index is 946. The van der Waals surface area contributed by atoms with Gasteiger partial charge in [-0.05, 0) is 74.4 Å². The fraction of sp³-hybridized carbons (Fsp3) is 0.238. The van der Waals surface area contributed by atoms with Crippen molar-refractivity contribution in [1.29, 1.82) is 0 Å². The number of methoxy groups -OCH3 is 1. The first-order chi connectivity index (χ1) is 13.9. The largest absolute Gasteiger partial charge is 0.497 e. The molecule has 152 valence electrons. The van der Waals surface area contributed by atoms with Gasteiger partial charge in [0.2, 0.25) is 0 Å². The number of rotatable bonds is 5. The summed E-state index contributed by atoms with van der Waals surface area (Å²) < 4.78 is 6.92. The normalized spacial score (nSPS) is 13.6. The van der Waals surface area contributed by atoms with E-state index in [0.29, 0.717) is 25.1 Å². The Morgan fingerprint density at radius 3 is 2.55 bits per heavy atom.